The van der Waals surface area contributed by atoms with Crippen LogP contribution >= 0.6 is 0 Å². The highest BCUT2D eigenvalue weighted by atomic mass is 15.0. The lowest BCUT2D eigenvalue weighted by molar-refractivity contribution is 1.07. The Bertz CT molecular complexity index is 4250. The Hall–Kier alpha value is -11.0. The van der Waals surface area contributed by atoms with Gasteiger partial charge in [0, 0.05) is 49.4 Å². The Morgan fingerprint density at radius 2 is 0.708 bits per heavy atom. The molecule has 0 saturated carbocycles. The lowest BCUT2D eigenvalue weighted by Crippen LogP contribution is -2.04. The zero-order valence-electron chi connectivity index (χ0n) is 37.9. The zero-order chi connectivity index (χ0) is 48.9. The van der Waals surface area contributed by atoms with Gasteiger partial charge in [-0.25, -0.2) is 15.0 Å². The minimum Gasteiger partial charge on any atom is -0.309 e. The third-order valence-corrected chi connectivity index (χ3v) is 13.1. The van der Waals surface area contributed by atoms with E-state index in [1.54, 1.807) is 30.3 Å². The van der Waals surface area contributed by atoms with Crippen LogP contribution in [-0.2, 0) is 0 Å². The molecule has 10 nitrogen and oxygen atoms in total. The van der Waals surface area contributed by atoms with Crippen molar-refractivity contribution < 1.29 is 0 Å². The maximum Gasteiger partial charge on any atom is 0.164 e. The van der Waals surface area contributed by atoms with Gasteiger partial charge in [0.15, 0.2) is 17.5 Å². The van der Waals surface area contributed by atoms with Crippen LogP contribution < -0.4 is 0 Å². The maximum absolute atomic E-state index is 10.4. The van der Waals surface area contributed by atoms with Crippen LogP contribution in [0.2, 0.25) is 0 Å². The third kappa shape index (κ3) is 7.04. The molecule has 0 aliphatic rings. The second kappa shape index (κ2) is 17.3. The summed E-state index contributed by atoms with van der Waals surface area (Å²) in [5.41, 5.74) is 12.6. The van der Waals surface area contributed by atoms with Gasteiger partial charge >= 0.3 is 0 Å². The SMILES string of the molecule is N#Cc1ccc2c(c1)c1cc(C#N)ccc1n2-c1ccc(-c2nc(-c3ccccc3)nc(-c3ccccc3)n2)cc1-c1ccc(-c2ccccc2C#N)cc1-n1c2ccc(C#N)cc2c2cc(C#N)ccc21. The van der Waals surface area contributed by atoms with E-state index >= 15 is 0 Å². The number of nitriles is 5. The van der Waals surface area contributed by atoms with Crippen molar-refractivity contribution in [2.75, 3.05) is 0 Å². The van der Waals surface area contributed by atoms with Gasteiger partial charge < -0.3 is 9.13 Å². The molecule has 0 aliphatic heterocycles. The molecule has 0 aliphatic carbocycles. The molecule has 0 radical (unpaired) electrons. The van der Waals surface area contributed by atoms with Crippen LogP contribution in [0.3, 0.4) is 0 Å². The minimum absolute atomic E-state index is 0.445. The van der Waals surface area contributed by atoms with Crippen LogP contribution in [0.1, 0.15) is 27.8 Å². The summed E-state index contributed by atoms with van der Waals surface area (Å²) in [4.78, 5) is 15.3. The molecule has 10 heteroatoms. The Morgan fingerprint density at radius 3 is 1.17 bits per heavy atom. The van der Waals surface area contributed by atoms with Gasteiger partial charge in [-0.3, -0.25) is 0 Å². The van der Waals surface area contributed by atoms with E-state index < -0.39 is 0 Å². The predicted octanol–water partition coefficient (Wildman–Crippen LogP) is 13.8. The number of nitrogens with zero attached hydrogens (tertiary/aromatic N) is 10. The molecule has 0 spiro atoms. The first kappa shape index (κ1) is 42.4. The first-order chi connectivity index (χ1) is 35.4. The van der Waals surface area contributed by atoms with E-state index in [4.69, 9.17) is 15.0 Å². The van der Waals surface area contributed by atoms with Crippen molar-refractivity contribution in [3.05, 3.63) is 222 Å². The smallest absolute Gasteiger partial charge is 0.164 e. The number of hydrogen-bond acceptors (Lipinski definition) is 8. The molecular weight excluding hydrogens is 885 g/mol. The Balaban J connectivity index is 1.23. The van der Waals surface area contributed by atoms with E-state index in [0.29, 0.717) is 50.9 Å². The maximum atomic E-state index is 10.4. The molecule has 12 rings (SSSR count). The molecule has 0 atom stereocenters. The summed E-state index contributed by atoms with van der Waals surface area (Å²) in [5.74, 6) is 1.46. The average molecular weight is 917 g/mol. The van der Waals surface area contributed by atoms with Gasteiger partial charge in [-0.15, -0.1) is 0 Å². The standard InChI is InChI=1S/C62H32N10/c63-33-38-15-22-54-49(27-38)50-28-39(34-64)16-23-55(50)71(54)58-26-20-45(62-69-60(42-9-3-1-4-10-42)68-61(70-62)43-11-5-2-6-12-43)31-53(58)48-21-19-44(47-14-8-7-13-46(47)37-67)32-59(48)72-56-24-17-40(35-65)29-51(56)52-30-41(36-66)18-25-57(52)72/h1-32H. The number of hydrogen-bond donors (Lipinski definition) is 0. The van der Waals surface area contributed by atoms with Gasteiger partial charge in [-0.05, 0) is 114 Å². The molecule has 0 amide bonds. The lowest BCUT2D eigenvalue weighted by Gasteiger charge is -2.21. The van der Waals surface area contributed by atoms with Crippen LogP contribution in [0.25, 0.3) is 111 Å². The average Bonchev–Trinajstić information content (AvgIpc) is 3.96. The Kier molecular flexibility index (Phi) is 10.2. The third-order valence-electron chi connectivity index (χ3n) is 13.1. The fourth-order valence-electron chi connectivity index (χ4n) is 9.81. The Labute approximate surface area is 412 Å². The monoisotopic (exact) mass is 916 g/mol. The number of aromatic nitrogens is 5. The highest BCUT2D eigenvalue weighted by Crippen LogP contribution is 2.44. The lowest BCUT2D eigenvalue weighted by atomic mass is 9.93. The molecule has 72 heavy (non-hydrogen) atoms. The predicted molar refractivity (Wildman–Crippen MR) is 279 cm³/mol. The molecule has 0 N–H and O–H groups in total. The van der Waals surface area contributed by atoms with E-state index in [1.165, 1.54) is 0 Å². The van der Waals surface area contributed by atoms with Crippen molar-refractivity contribution in [3.8, 4) is 98.1 Å². The molecule has 3 aromatic heterocycles. The summed E-state index contributed by atoms with van der Waals surface area (Å²) in [5, 5.41) is 54.0. The van der Waals surface area contributed by atoms with Crippen molar-refractivity contribution in [3.63, 3.8) is 0 Å². The van der Waals surface area contributed by atoms with Gasteiger partial charge in [0.2, 0.25) is 0 Å². The van der Waals surface area contributed by atoms with Crippen LogP contribution in [0, 0.1) is 56.7 Å². The molecule has 330 valence electrons. The second-order valence-electron chi connectivity index (χ2n) is 17.2. The summed E-state index contributed by atoms with van der Waals surface area (Å²) in [6.07, 6.45) is 0. The fourth-order valence-corrected chi connectivity index (χ4v) is 9.81. The van der Waals surface area contributed by atoms with Crippen molar-refractivity contribution in [1.29, 1.82) is 26.3 Å². The van der Waals surface area contributed by atoms with Crippen molar-refractivity contribution in [1.82, 2.24) is 24.1 Å². The van der Waals surface area contributed by atoms with Crippen LogP contribution in [-0.4, -0.2) is 24.1 Å². The van der Waals surface area contributed by atoms with Gasteiger partial charge in [-0.1, -0.05) is 91.0 Å². The summed E-state index contributed by atoms with van der Waals surface area (Å²) >= 11 is 0. The van der Waals surface area contributed by atoms with Crippen molar-refractivity contribution in [2.24, 2.45) is 0 Å². The highest BCUT2D eigenvalue weighted by Gasteiger charge is 2.24. The van der Waals surface area contributed by atoms with Gasteiger partial charge in [-0.2, -0.15) is 26.3 Å². The van der Waals surface area contributed by atoms with E-state index in [0.717, 1.165) is 88.4 Å². The fraction of sp³-hybridized carbons (Fsp3) is 0. The topological polar surface area (TPSA) is 167 Å². The number of benzene rings is 9. The summed E-state index contributed by atoms with van der Waals surface area (Å²) in [7, 11) is 0. The zero-order valence-corrected chi connectivity index (χ0v) is 37.9. The normalized spacial score (nSPS) is 11.0. The summed E-state index contributed by atoms with van der Waals surface area (Å²) in [6, 6.07) is 73.4. The molecule has 0 fully saturated rings. The summed E-state index contributed by atoms with van der Waals surface area (Å²) in [6.45, 7) is 0. The number of fused-ring (bicyclic) bond motifs is 6. The van der Waals surface area contributed by atoms with E-state index in [-0.39, 0.29) is 0 Å². The highest BCUT2D eigenvalue weighted by molar-refractivity contribution is 6.12. The molecular formula is C62H32N10. The summed E-state index contributed by atoms with van der Waals surface area (Å²) < 4.78 is 4.32. The first-order valence-corrected chi connectivity index (χ1v) is 22.9. The molecule has 12 aromatic rings. The molecule has 0 bridgehead atoms. The quantitative estimate of drug-likeness (QED) is 0.152. The largest absolute Gasteiger partial charge is 0.309 e. The van der Waals surface area contributed by atoms with Gasteiger partial charge in [0.1, 0.15) is 0 Å². The Morgan fingerprint density at radius 1 is 0.292 bits per heavy atom. The molecule has 0 saturated heterocycles. The van der Waals surface area contributed by atoms with Gasteiger partial charge in [0.05, 0.1) is 91.6 Å². The van der Waals surface area contributed by atoms with E-state index in [2.05, 4.69) is 63.7 Å². The molecule has 3 heterocycles. The molecule has 0 unspecified atom stereocenters. The first-order valence-electron chi connectivity index (χ1n) is 22.9. The van der Waals surface area contributed by atoms with Crippen LogP contribution in [0.5, 0.6) is 0 Å². The second-order valence-corrected chi connectivity index (χ2v) is 17.2. The van der Waals surface area contributed by atoms with Crippen molar-refractivity contribution in [2.45, 2.75) is 0 Å². The van der Waals surface area contributed by atoms with Crippen LogP contribution in [0.15, 0.2) is 194 Å². The van der Waals surface area contributed by atoms with E-state index in [9.17, 15) is 26.3 Å². The van der Waals surface area contributed by atoms with Gasteiger partial charge in [0.25, 0.3) is 0 Å². The van der Waals surface area contributed by atoms with E-state index in [1.807, 2.05) is 140 Å². The van der Waals surface area contributed by atoms with Crippen molar-refractivity contribution >= 4 is 43.6 Å². The molecule has 9 aromatic carbocycles. The number of rotatable bonds is 7. The van der Waals surface area contributed by atoms with Crippen LogP contribution in [0.4, 0.5) is 0 Å². The minimum atomic E-state index is 0.445.